The average Bonchev–Trinajstić information content (AvgIpc) is 2.81. The molecular weight excluding hydrogens is 278 g/mol. The molecule has 0 radical (unpaired) electrons. The SMILES string of the molecule is CCOc1cc(-c2nc(C(=O)O)c(C)s2)ccc1OC. The molecule has 0 aliphatic carbocycles. The fourth-order valence-corrected chi connectivity index (χ4v) is 2.70. The van der Waals surface area contributed by atoms with E-state index in [1.54, 1.807) is 20.1 Å². The van der Waals surface area contributed by atoms with Gasteiger partial charge in [0.1, 0.15) is 5.01 Å². The number of carbonyl (C=O) groups is 1. The zero-order valence-electron chi connectivity index (χ0n) is 11.5. The van der Waals surface area contributed by atoms with Crippen LogP contribution in [-0.4, -0.2) is 29.8 Å². The molecule has 5 nitrogen and oxygen atoms in total. The molecule has 0 bridgehead atoms. The van der Waals surface area contributed by atoms with Crippen molar-refractivity contribution in [2.45, 2.75) is 13.8 Å². The van der Waals surface area contributed by atoms with Crippen LogP contribution in [0.2, 0.25) is 0 Å². The van der Waals surface area contributed by atoms with Gasteiger partial charge in [0.15, 0.2) is 17.2 Å². The van der Waals surface area contributed by atoms with Crippen molar-refractivity contribution >= 4 is 17.3 Å². The Hall–Kier alpha value is -2.08. The summed E-state index contributed by atoms with van der Waals surface area (Å²) in [5, 5.41) is 9.70. The summed E-state index contributed by atoms with van der Waals surface area (Å²) in [5.74, 6) is 0.253. The number of aromatic carboxylic acids is 1. The highest BCUT2D eigenvalue weighted by atomic mass is 32.1. The van der Waals surface area contributed by atoms with Crippen molar-refractivity contribution in [3.05, 3.63) is 28.8 Å². The van der Waals surface area contributed by atoms with Gasteiger partial charge in [0, 0.05) is 10.4 Å². The van der Waals surface area contributed by atoms with Crippen LogP contribution < -0.4 is 9.47 Å². The van der Waals surface area contributed by atoms with Crippen LogP contribution in [0.4, 0.5) is 0 Å². The van der Waals surface area contributed by atoms with E-state index in [-0.39, 0.29) is 5.69 Å². The van der Waals surface area contributed by atoms with Gasteiger partial charge in [-0.05, 0) is 32.0 Å². The average molecular weight is 293 g/mol. The Balaban J connectivity index is 2.44. The van der Waals surface area contributed by atoms with Crippen LogP contribution >= 0.6 is 11.3 Å². The lowest BCUT2D eigenvalue weighted by Gasteiger charge is -2.09. The zero-order valence-corrected chi connectivity index (χ0v) is 12.3. The second-order valence-electron chi connectivity index (χ2n) is 4.03. The molecule has 106 valence electrons. The number of rotatable bonds is 5. The minimum Gasteiger partial charge on any atom is -0.493 e. The maximum absolute atomic E-state index is 11.0. The highest BCUT2D eigenvalue weighted by molar-refractivity contribution is 7.15. The van der Waals surface area contributed by atoms with Crippen molar-refractivity contribution in [1.82, 2.24) is 4.98 Å². The minimum absolute atomic E-state index is 0.0961. The van der Waals surface area contributed by atoms with Gasteiger partial charge < -0.3 is 14.6 Å². The van der Waals surface area contributed by atoms with Gasteiger partial charge in [-0.3, -0.25) is 0 Å². The number of methoxy groups -OCH3 is 1. The number of hydrogen-bond donors (Lipinski definition) is 1. The number of ether oxygens (including phenoxy) is 2. The number of benzene rings is 1. The normalized spacial score (nSPS) is 10.3. The van der Waals surface area contributed by atoms with Crippen LogP contribution in [0.15, 0.2) is 18.2 Å². The first-order chi connectivity index (χ1) is 9.56. The largest absolute Gasteiger partial charge is 0.493 e. The van der Waals surface area contributed by atoms with Crippen molar-refractivity contribution in [2.75, 3.05) is 13.7 Å². The van der Waals surface area contributed by atoms with Gasteiger partial charge in [-0.25, -0.2) is 9.78 Å². The van der Waals surface area contributed by atoms with Crippen molar-refractivity contribution in [2.24, 2.45) is 0 Å². The maximum Gasteiger partial charge on any atom is 0.355 e. The number of carboxylic acid groups (broad SMARTS) is 1. The molecule has 1 aromatic heterocycles. The molecule has 1 aromatic carbocycles. The third-order valence-electron chi connectivity index (χ3n) is 2.71. The van der Waals surface area contributed by atoms with Gasteiger partial charge in [0.25, 0.3) is 0 Å². The Morgan fingerprint density at radius 2 is 2.15 bits per heavy atom. The standard InChI is InChI=1S/C14H15NO4S/c1-4-19-11-7-9(5-6-10(11)18-3)13-15-12(14(16)17)8(2)20-13/h5-7H,4H2,1-3H3,(H,16,17). The molecule has 1 N–H and O–H groups in total. The van der Waals surface area contributed by atoms with Crippen LogP contribution in [0.5, 0.6) is 11.5 Å². The smallest absolute Gasteiger partial charge is 0.355 e. The molecule has 0 amide bonds. The topological polar surface area (TPSA) is 68.7 Å². The van der Waals surface area contributed by atoms with E-state index in [0.717, 1.165) is 5.56 Å². The van der Waals surface area contributed by atoms with Crippen LogP contribution in [0, 0.1) is 6.92 Å². The van der Waals surface area contributed by atoms with E-state index in [1.165, 1.54) is 11.3 Å². The predicted molar refractivity (Wildman–Crippen MR) is 77.0 cm³/mol. The summed E-state index contributed by atoms with van der Waals surface area (Å²) < 4.78 is 10.7. The molecule has 2 rings (SSSR count). The Morgan fingerprint density at radius 3 is 2.70 bits per heavy atom. The fraction of sp³-hybridized carbons (Fsp3) is 0.286. The molecule has 0 saturated heterocycles. The number of thiazole rings is 1. The lowest BCUT2D eigenvalue weighted by molar-refractivity contribution is 0.0690. The summed E-state index contributed by atoms with van der Waals surface area (Å²) in [7, 11) is 1.58. The van der Waals surface area contributed by atoms with Crippen molar-refractivity contribution in [1.29, 1.82) is 0 Å². The van der Waals surface area contributed by atoms with Gasteiger partial charge in [0.05, 0.1) is 13.7 Å². The molecule has 20 heavy (non-hydrogen) atoms. The minimum atomic E-state index is -1.01. The Morgan fingerprint density at radius 1 is 1.40 bits per heavy atom. The van der Waals surface area contributed by atoms with Crippen LogP contribution in [-0.2, 0) is 0 Å². The molecular formula is C14H15NO4S. The second-order valence-corrected chi connectivity index (χ2v) is 5.23. The van der Waals surface area contributed by atoms with Gasteiger partial charge in [-0.2, -0.15) is 0 Å². The molecule has 0 spiro atoms. The van der Waals surface area contributed by atoms with Gasteiger partial charge in [-0.15, -0.1) is 11.3 Å². The van der Waals surface area contributed by atoms with Crippen LogP contribution in [0.1, 0.15) is 22.3 Å². The van der Waals surface area contributed by atoms with E-state index in [0.29, 0.717) is 28.0 Å². The molecule has 0 fully saturated rings. The third kappa shape index (κ3) is 2.75. The number of aryl methyl sites for hydroxylation is 1. The summed E-state index contributed by atoms with van der Waals surface area (Å²) in [4.78, 5) is 15.9. The summed E-state index contributed by atoms with van der Waals surface area (Å²) in [6.45, 7) is 4.16. The first-order valence-electron chi connectivity index (χ1n) is 6.08. The van der Waals surface area contributed by atoms with E-state index in [4.69, 9.17) is 14.6 Å². The molecule has 1 heterocycles. The predicted octanol–water partition coefficient (Wildman–Crippen LogP) is 3.22. The van der Waals surface area contributed by atoms with Gasteiger partial charge >= 0.3 is 5.97 Å². The summed E-state index contributed by atoms with van der Waals surface area (Å²) >= 11 is 1.35. The van der Waals surface area contributed by atoms with Gasteiger partial charge in [-0.1, -0.05) is 0 Å². The molecule has 0 saturated carbocycles. The van der Waals surface area contributed by atoms with Crippen molar-refractivity contribution in [3.63, 3.8) is 0 Å². The number of hydrogen-bond acceptors (Lipinski definition) is 5. The highest BCUT2D eigenvalue weighted by Gasteiger charge is 2.16. The summed E-state index contributed by atoms with van der Waals surface area (Å²) in [5.41, 5.74) is 0.911. The summed E-state index contributed by atoms with van der Waals surface area (Å²) in [6.07, 6.45) is 0. The second kappa shape index (κ2) is 5.92. The monoisotopic (exact) mass is 293 g/mol. The Bertz CT molecular complexity index is 636. The van der Waals surface area contributed by atoms with E-state index in [9.17, 15) is 4.79 Å². The molecule has 0 atom stereocenters. The highest BCUT2D eigenvalue weighted by Crippen LogP contribution is 2.35. The molecule has 0 aliphatic rings. The quantitative estimate of drug-likeness (QED) is 0.916. The fourth-order valence-electron chi connectivity index (χ4n) is 1.80. The first-order valence-corrected chi connectivity index (χ1v) is 6.90. The van der Waals surface area contributed by atoms with E-state index in [1.807, 2.05) is 19.1 Å². The first kappa shape index (κ1) is 14.3. The van der Waals surface area contributed by atoms with E-state index in [2.05, 4.69) is 4.98 Å². The van der Waals surface area contributed by atoms with E-state index < -0.39 is 5.97 Å². The number of aromatic nitrogens is 1. The van der Waals surface area contributed by atoms with E-state index >= 15 is 0 Å². The third-order valence-corrected chi connectivity index (χ3v) is 3.73. The molecule has 6 heteroatoms. The molecule has 2 aromatic rings. The number of carboxylic acids is 1. The van der Waals surface area contributed by atoms with Crippen LogP contribution in [0.25, 0.3) is 10.6 Å². The van der Waals surface area contributed by atoms with Gasteiger partial charge in [0.2, 0.25) is 0 Å². The number of nitrogens with zero attached hydrogens (tertiary/aromatic N) is 1. The zero-order chi connectivity index (χ0) is 14.7. The Kier molecular flexibility index (Phi) is 4.24. The van der Waals surface area contributed by atoms with Crippen molar-refractivity contribution in [3.8, 4) is 22.1 Å². The maximum atomic E-state index is 11.0. The van der Waals surface area contributed by atoms with Crippen molar-refractivity contribution < 1.29 is 19.4 Å². The molecule has 0 unspecified atom stereocenters. The summed E-state index contributed by atoms with van der Waals surface area (Å²) in [6, 6.07) is 5.44. The Labute approximate surface area is 120 Å². The lowest BCUT2D eigenvalue weighted by atomic mass is 10.2. The molecule has 0 aliphatic heterocycles. The van der Waals surface area contributed by atoms with Crippen LogP contribution in [0.3, 0.4) is 0 Å². The lowest BCUT2D eigenvalue weighted by Crippen LogP contribution is -1.98.